The maximum atomic E-state index is 11.6. The highest BCUT2D eigenvalue weighted by Gasteiger charge is 2.63. The van der Waals surface area contributed by atoms with Crippen LogP contribution in [0.25, 0.3) is 0 Å². The Labute approximate surface area is 163 Å². The molecule has 5 unspecified atom stereocenters. The summed E-state index contributed by atoms with van der Waals surface area (Å²) in [6.45, 7) is 8.06. The molecule has 0 radical (unpaired) electrons. The summed E-state index contributed by atoms with van der Waals surface area (Å²) in [5, 5.41) is 0. The van der Waals surface area contributed by atoms with E-state index < -0.39 is 0 Å². The van der Waals surface area contributed by atoms with Crippen molar-refractivity contribution in [1.82, 2.24) is 0 Å². The largest absolute Gasteiger partial charge is 0.462 e. The Morgan fingerprint density at radius 1 is 0.889 bits per heavy atom. The van der Waals surface area contributed by atoms with E-state index in [1.165, 1.54) is 38.5 Å². The molecule has 5 aliphatic rings. The highest BCUT2D eigenvalue weighted by atomic mass is 16.7. The number of rotatable bonds is 1. The Morgan fingerprint density at radius 3 is 2.37 bits per heavy atom. The van der Waals surface area contributed by atoms with Gasteiger partial charge in [0.05, 0.1) is 13.2 Å². The predicted octanol–water partition coefficient (Wildman–Crippen LogP) is 4.70. The summed E-state index contributed by atoms with van der Waals surface area (Å²) in [6.07, 6.45) is 11.1. The first kappa shape index (κ1) is 18.4. The second-order valence-corrected chi connectivity index (χ2v) is 10.7. The molecule has 4 heteroatoms. The van der Waals surface area contributed by atoms with Gasteiger partial charge in [-0.25, -0.2) is 0 Å². The highest BCUT2D eigenvalue weighted by Crippen LogP contribution is 2.67. The molecule has 4 saturated carbocycles. The van der Waals surface area contributed by atoms with E-state index in [1.807, 2.05) is 0 Å². The van der Waals surface area contributed by atoms with Crippen molar-refractivity contribution in [2.24, 2.45) is 34.5 Å². The van der Waals surface area contributed by atoms with Crippen LogP contribution in [0, 0.1) is 34.5 Å². The zero-order chi connectivity index (χ0) is 18.9. The molecule has 0 N–H and O–H groups in total. The minimum absolute atomic E-state index is 0.107. The normalized spacial score (nSPS) is 50.7. The third kappa shape index (κ3) is 2.65. The molecule has 7 atom stereocenters. The molecule has 27 heavy (non-hydrogen) atoms. The van der Waals surface area contributed by atoms with Gasteiger partial charge in [0.15, 0.2) is 5.79 Å². The van der Waals surface area contributed by atoms with Crippen LogP contribution in [-0.4, -0.2) is 31.1 Å². The predicted molar refractivity (Wildman–Crippen MR) is 102 cm³/mol. The maximum Gasteiger partial charge on any atom is 0.302 e. The molecule has 5 rings (SSSR count). The van der Waals surface area contributed by atoms with Crippen LogP contribution in [0.1, 0.15) is 78.6 Å². The standard InChI is InChI=1S/C23H36O4/c1-15(24)27-20-7-6-18-17-5-4-16-8-11-23(25-12-13-26-23)14-22(16,3)19(17)9-10-21(18,20)2/h16-20H,4-14H2,1-3H3/t16-,17?,18?,19?,20+,21?,22?/m0/s1. The van der Waals surface area contributed by atoms with Gasteiger partial charge in [-0.3, -0.25) is 4.79 Å². The molecule has 152 valence electrons. The van der Waals surface area contributed by atoms with E-state index >= 15 is 0 Å². The van der Waals surface area contributed by atoms with E-state index in [9.17, 15) is 4.79 Å². The number of esters is 1. The Morgan fingerprint density at radius 2 is 1.63 bits per heavy atom. The lowest BCUT2D eigenvalue weighted by Crippen LogP contribution is -2.57. The molecular weight excluding hydrogens is 340 g/mol. The lowest BCUT2D eigenvalue weighted by atomic mass is 9.44. The second kappa shape index (κ2) is 6.19. The fourth-order valence-electron chi connectivity index (χ4n) is 8.44. The lowest BCUT2D eigenvalue weighted by Gasteiger charge is -2.62. The topological polar surface area (TPSA) is 44.8 Å². The van der Waals surface area contributed by atoms with E-state index in [-0.39, 0.29) is 23.3 Å². The number of ether oxygens (including phenoxy) is 3. The third-order valence-corrected chi connectivity index (χ3v) is 9.62. The Hall–Kier alpha value is -0.610. The number of carbonyl (C=O) groups excluding carboxylic acids is 1. The van der Waals surface area contributed by atoms with Crippen molar-refractivity contribution in [2.45, 2.75) is 90.4 Å². The number of fused-ring (bicyclic) bond motifs is 5. The monoisotopic (exact) mass is 376 g/mol. The zero-order valence-electron chi connectivity index (χ0n) is 17.3. The van der Waals surface area contributed by atoms with Crippen LogP contribution in [0.3, 0.4) is 0 Å². The van der Waals surface area contributed by atoms with Gasteiger partial charge in [0.2, 0.25) is 0 Å². The molecule has 0 amide bonds. The molecule has 1 saturated heterocycles. The van der Waals surface area contributed by atoms with Crippen LogP contribution >= 0.6 is 0 Å². The lowest BCUT2D eigenvalue weighted by molar-refractivity contribution is -0.239. The van der Waals surface area contributed by atoms with Gasteiger partial charge in [0, 0.05) is 25.2 Å². The average molecular weight is 377 g/mol. The van der Waals surface area contributed by atoms with E-state index in [1.54, 1.807) is 6.92 Å². The minimum Gasteiger partial charge on any atom is -0.462 e. The van der Waals surface area contributed by atoms with E-state index in [2.05, 4.69) is 13.8 Å². The number of hydrogen-bond acceptors (Lipinski definition) is 4. The molecule has 0 aromatic heterocycles. The van der Waals surface area contributed by atoms with Crippen LogP contribution < -0.4 is 0 Å². The van der Waals surface area contributed by atoms with Crippen molar-refractivity contribution < 1.29 is 19.0 Å². The molecule has 5 fully saturated rings. The molecular formula is C23H36O4. The second-order valence-electron chi connectivity index (χ2n) is 10.7. The van der Waals surface area contributed by atoms with Crippen molar-refractivity contribution in [3.8, 4) is 0 Å². The molecule has 1 spiro atoms. The zero-order valence-corrected chi connectivity index (χ0v) is 17.3. The summed E-state index contributed by atoms with van der Waals surface area (Å²) in [4.78, 5) is 11.6. The summed E-state index contributed by atoms with van der Waals surface area (Å²) in [6, 6.07) is 0. The van der Waals surface area contributed by atoms with Gasteiger partial charge in [-0.05, 0) is 74.0 Å². The minimum atomic E-state index is -0.288. The van der Waals surface area contributed by atoms with Crippen molar-refractivity contribution >= 4 is 5.97 Å². The first-order chi connectivity index (χ1) is 12.9. The Balaban J connectivity index is 1.41. The number of hydrogen-bond donors (Lipinski definition) is 0. The van der Waals surface area contributed by atoms with Crippen LogP contribution in [0.5, 0.6) is 0 Å². The van der Waals surface area contributed by atoms with Gasteiger partial charge in [0.1, 0.15) is 6.10 Å². The van der Waals surface area contributed by atoms with Crippen LogP contribution in [0.15, 0.2) is 0 Å². The van der Waals surface area contributed by atoms with Crippen LogP contribution in [-0.2, 0) is 19.0 Å². The molecule has 4 nitrogen and oxygen atoms in total. The SMILES string of the molecule is CC(=O)O[C@@H]1CCC2C3CC[C@H]4CCC5(CC4(C)C3CCC21C)OCCO5. The van der Waals surface area contributed by atoms with Crippen LogP contribution in [0.4, 0.5) is 0 Å². The van der Waals surface area contributed by atoms with Crippen molar-refractivity contribution in [1.29, 1.82) is 0 Å². The summed E-state index contributed by atoms with van der Waals surface area (Å²) < 4.78 is 18.1. The van der Waals surface area contributed by atoms with Gasteiger partial charge in [-0.2, -0.15) is 0 Å². The summed E-state index contributed by atoms with van der Waals surface area (Å²) >= 11 is 0. The Bertz CT molecular complexity index is 611. The molecule has 0 bridgehead atoms. The highest BCUT2D eigenvalue weighted by molar-refractivity contribution is 5.66. The molecule has 0 aromatic carbocycles. The smallest absolute Gasteiger partial charge is 0.302 e. The quantitative estimate of drug-likeness (QED) is 0.622. The first-order valence-electron chi connectivity index (χ1n) is 11.3. The number of carbonyl (C=O) groups is 1. The van der Waals surface area contributed by atoms with Crippen molar-refractivity contribution in [2.75, 3.05) is 13.2 Å². The fourth-order valence-corrected chi connectivity index (χ4v) is 8.44. The Kier molecular flexibility index (Phi) is 4.22. The van der Waals surface area contributed by atoms with Gasteiger partial charge in [-0.15, -0.1) is 0 Å². The molecule has 1 aliphatic heterocycles. The molecule has 0 aromatic rings. The van der Waals surface area contributed by atoms with Crippen LogP contribution in [0.2, 0.25) is 0 Å². The fraction of sp³-hybridized carbons (Fsp3) is 0.957. The van der Waals surface area contributed by atoms with E-state index in [4.69, 9.17) is 14.2 Å². The molecule has 4 aliphatic carbocycles. The summed E-state index contributed by atoms with van der Waals surface area (Å²) in [5.41, 5.74) is 0.523. The summed E-state index contributed by atoms with van der Waals surface area (Å²) in [7, 11) is 0. The van der Waals surface area contributed by atoms with Gasteiger partial charge >= 0.3 is 5.97 Å². The van der Waals surface area contributed by atoms with Gasteiger partial charge in [0.25, 0.3) is 0 Å². The van der Waals surface area contributed by atoms with E-state index in [0.717, 1.165) is 50.2 Å². The van der Waals surface area contributed by atoms with Crippen molar-refractivity contribution in [3.05, 3.63) is 0 Å². The first-order valence-corrected chi connectivity index (χ1v) is 11.3. The van der Waals surface area contributed by atoms with Gasteiger partial charge in [-0.1, -0.05) is 13.8 Å². The van der Waals surface area contributed by atoms with Crippen molar-refractivity contribution in [3.63, 3.8) is 0 Å². The van der Waals surface area contributed by atoms with E-state index in [0.29, 0.717) is 11.3 Å². The summed E-state index contributed by atoms with van der Waals surface area (Å²) in [5.74, 6) is 2.69. The maximum absolute atomic E-state index is 11.6. The van der Waals surface area contributed by atoms with Gasteiger partial charge < -0.3 is 14.2 Å². The average Bonchev–Trinajstić information content (AvgIpc) is 3.19. The third-order valence-electron chi connectivity index (χ3n) is 9.62. The molecule has 1 heterocycles.